The molecule has 0 unspecified atom stereocenters. The van der Waals surface area contributed by atoms with E-state index in [4.69, 9.17) is 9.90 Å². The Bertz CT molecular complexity index is 671. The van der Waals surface area contributed by atoms with Crippen LogP contribution < -0.4 is 10.6 Å². The van der Waals surface area contributed by atoms with Crippen LogP contribution in [0.2, 0.25) is 0 Å². The van der Waals surface area contributed by atoms with Crippen LogP contribution in [-0.2, 0) is 4.79 Å². The summed E-state index contributed by atoms with van der Waals surface area (Å²) in [5, 5.41) is 15.0. The van der Waals surface area contributed by atoms with Gasteiger partial charge in [0.2, 0.25) is 0 Å². The van der Waals surface area contributed by atoms with E-state index in [2.05, 4.69) is 39.9 Å². The molecule has 3 N–H and O–H groups in total. The van der Waals surface area contributed by atoms with E-state index in [1.54, 1.807) is 11.3 Å². The average Bonchev–Trinajstić information content (AvgIpc) is 3.25. The lowest BCUT2D eigenvalue weighted by atomic mass is 10.1. The van der Waals surface area contributed by atoms with Crippen LogP contribution in [0.3, 0.4) is 0 Å². The Morgan fingerprint density at radius 2 is 2.04 bits per heavy atom. The number of nitrogens with one attached hydrogen (secondary N) is 2. The van der Waals surface area contributed by atoms with E-state index in [-0.39, 0.29) is 0 Å². The van der Waals surface area contributed by atoms with Crippen molar-refractivity contribution in [3.8, 4) is 10.4 Å². The number of alkyl halides is 3. The summed E-state index contributed by atoms with van der Waals surface area (Å²) in [4.78, 5) is 14.6. The molecule has 0 aliphatic carbocycles. The maximum absolute atomic E-state index is 10.6. The fourth-order valence-electron chi connectivity index (χ4n) is 2.21. The van der Waals surface area contributed by atoms with Crippen molar-refractivity contribution in [1.82, 2.24) is 10.3 Å². The monoisotopic (exact) mass is 373 g/mol. The maximum atomic E-state index is 10.6. The van der Waals surface area contributed by atoms with E-state index in [0.717, 1.165) is 30.7 Å². The molecule has 1 aromatic carbocycles. The third kappa shape index (κ3) is 6.35. The van der Waals surface area contributed by atoms with Crippen LogP contribution in [0.25, 0.3) is 10.4 Å². The van der Waals surface area contributed by atoms with Crippen LogP contribution >= 0.6 is 11.3 Å². The summed E-state index contributed by atoms with van der Waals surface area (Å²) in [7, 11) is 0. The van der Waals surface area contributed by atoms with E-state index in [1.165, 1.54) is 16.9 Å². The van der Waals surface area contributed by atoms with Gasteiger partial charge in [-0.2, -0.15) is 13.2 Å². The lowest BCUT2D eigenvalue weighted by Gasteiger charge is -2.07. The number of thiazole rings is 1. The quantitative estimate of drug-likeness (QED) is 0.765. The van der Waals surface area contributed by atoms with Gasteiger partial charge in [-0.15, -0.1) is 0 Å². The van der Waals surface area contributed by atoms with Gasteiger partial charge < -0.3 is 15.7 Å². The zero-order chi connectivity index (χ0) is 18.3. The number of aliphatic carboxylic acids is 1. The van der Waals surface area contributed by atoms with Gasteiger partial charge in [0, 0.05) is 12.7 Å². The number of aromatic nitrogens is 1. The first-order valence-corrected chi connectivity index (χ1v) is 8.44. The van der Waals surface area contributed by atoms with Gasteiger partial charge in [-0.1, -0.05) is 41.7 Å². The second kappa shape index (κ2) is 8.82. The summed E-state index contributed by atoms with van der Waals surface area (Å²) >= 11 is 1.73. The van der Waals surface area contributed by atoms with Gasteiger partial charge in [0.1, 0.15) is 0 Å². The Labute approximate surface area is 146 Å². The van der Waals surface area contributed by atoms with E-state index < -0.39 is 12.1 Å². The topological polar surface area (TPSA) is 74.2 Å². The van der Waals surface area contributed by atoms with Gasteiger partial charge in [0.15, 0.2) is 5.13 Å². The van der Waals surface area contributed by atoms with Crippen LogP contribution in [-0.4, -0.2) is 41.9 Å². The van der Waals surface area contributed by atoms with Gasteiger partial charge in [-0.3, -0.25) is 0 Å². The maximum Gasteiger partial charge on any atom is 0.490 e. The molecule has 0 radical (unpaired) electrons. The highest BCUT2D eigenvalue weighted by Crippen LogP contribution is 2.28. The summed E-state index contributed by atoms with van der Waals surface area (Å²) in [5.41, 5.74) is 1.24. The van der Waals surface area contributed by atoms with Crippen LogP contribution in [0, 0.1) is 5.92 Å². The molecule has 2 heterocycles. The number of hydrogen-bond donors (Lipinski definition) is 3. The molecule has 25 heavy (non-hydrogen) atoms. The number of rotatable bonds is 4. The van der Waals surface area contributed by atoms with Gasteiger partial charge in [-0.05, 0) is 31.0 Å². The Morgan fingerprint density at radius 1 is 1.36 bits per heavy atom. The normalized spacial score (nSPS) is 16.8. The molecule has 0 saturated carbocycles. The molecule has 0 spiro atoms. The fraction of sp³-hybridized carbons (Fsp3) is 0.375. The van der Waals surface area contributed by atoms with E-state index in [0.29, 0.717) is 0 Å². The lowest BCUT2D eigenvalue weighted by Crippen LogP contribution is -2.21. The van der Waals surface area contributed by atoms with Crippen molar-refractivity contribution in [1.29, 1.82) is 0 Å². The van der Waals surface area contributed by atoms with Gasteiger partial charge in [0.25, 0.3) is 0 Å². The molecule has 9 heteroatoms. The molecule has 1 aliphatic heterocycles. The number of carboxylic acid groups (broad SMARTS) is 1. The molecule has 2 aromatic rings. The molecule has 5 nitrogen and oxygen atoms in total. The summed E-state index contributed by atoms with van der Waals surface area (Å²) in [6.07, 6.45) is -1.86. The van der Waals surface area contributed by atoms with Gasteiger partial charge >= 0.3 is 12.1 Å². The Kier molecular flexibility index (Phi) is 6.77. The van der Waals surface area contributed by atoms with Crippen LogP contribution in [0.15, 0.2) is 36.5 Å². The summed E-state index contributed by atoms with van der Waals surface area (Å²) in [6.45, 7) is 3.30. The largest absolute Gasteiger partial charge is 0.490 e. The molecule has 1 saturated heterocycles. The molecule has 3 rings (SSSR count). The number of nitrogens with zero attached hydrogens (tertiary/aromatic N) is 1. The minimum absolute atomic E-state index is 0.745. The first-order valence-electron chi connectivity index (χ1n) is 7.62. The Balaban J connectivity index is 0.000000277. The van der Waals surface area contributed by atoms with E-state index >= 15 is 0 Å². The zero-order valence-electron chi connectivity index (χ0n) is 13.2. The van der Waals surface area contributed by atoms with Crippen LogP contribution in [0.1, 0.15) is 6.42 Å². The molecular weight excluding hydrogens is 355 g/mol. The third-order valence-corrected chi connectivity index (χ3v) is 4.51. The van der Waals surface area contributed by atoms with Crippen molar-refractivity contribution >= 4 is 22.4 Å². The molecule has 0 amide bonds. The molecule has 1 aromatic heterocycles. The van der Waals surface area contributed by atoms with Crippen molar-refractivity contribution < 1.29 is 23.1 Å². The summed E-state index contributed by atoms with van der Waals surface area (Å²) in [5.74, 6) is -2.01. The lowest BCUT2D eigenvalue weighted by molar-refractivity contribution is -0.192. The average molecular weight is 373 g/mol. The second-order valence-electron chi connectivity index (χ2n) is 5.44. The Morgan fingerprint density at radius 3 is 2.60 bits per heavy atom. The fourth-order valence-corrected chi connectivity index (χ4v) is 3.04. The van der Waals surface area contributed by atoms with Crippen LogP contribution in [0.5, 0.6) is 0 Å². The minimum atomic E-state index is -5.08. The second-order valence-corrected chi connectivity index (χ2v) is 6.47. The van der Waals surface area contributed by atoms with Crippen molar-refractivity contribution in [2.24, 2.45) is 5.92 Å². The number of benzene rings is 1. The number of carbonyl (C=O) groups is 1. The highest BCUT2D eigenvalue weighted by Gasteiger charge is 2.38. The minimum Gasteiger partial charge on any atom is -0.475 e. The van der Waals surface area contributed by atoms with Gasteiger partial charge in [-0.25, -0.2) is 9.78 Å². The van der Waals surface area contributed by atoms with Crippen molar-refractivity contribution in [2.45, 2.75) is 12.6 Å². The van der Waals surface area contributed by atoms with E-state index in [9.17, 15) is 13.2 Å². The Hall–Kier alpha value is -2.13. The smallest absolute Gasteiger partial charge is 0.475 e. The highest BCUT2D eigenvalue weighted by molar-refractivity contribution is 7.18. The number of anilines is 1. The number of halogens is 3. The molecule has 0 bridgehead atoms. The first kappa shape index (κ1) is 19.2. The van der Waals surface area contributed by atoms with E-state index in [1.807, 2.05) is 12.3 Å². The SMILES string of the molecule is O=C(O)C(F)(F)F.c1ccc(-c2cnc(NC[C@@H]3CCNC3)s2)cc1. The van der Waals surface area contributed by atoms with Crippen molar-refractivity contribution in [3.63, 3.8) is 0 Å². The predicted molar refractivity (Wildman–Crippen MR) is 90.7 cm³/mol. The zero-order valence-corrected chi connectivity index (χ0v) is 14.0. The summed E-state index contributed by atoms with van der Waals surface area (Å²) < 4.78 is 31.7. The first-order chi connectivity index (χ1) is 11.9. The van der Waals surface area contributed by atoms with Crippen molar-refractivity contribution in [3.05, 3.63) is 36.5 Å². The van der Waals surface area contributed by atoms with Gasteiger partial charge in [0.05, 0.1) is 4.88 Å². The number of hydrogen-bond acceptors (Lipinski definition) is 5. The third-order valence-electron chi connectivity index (χ3n) is 3.51. The number of carboxylic acids is 1. The van der Waals surface area contributed by atoms with Crippen molar-refractivity contribution in [2.75, 3.05) is 25.0 Å². The molecule has 136 valence electrons. The molecule has 1 aliphatic rings. The molecular formula is C16H18F3N3O2S. The van der Waals surface area contributed by atoms with Crippen LogP contribution in [0.4, 0.5) is 18.3 Å². The molecule has 1 fully saturated rings. The standard InChI is InChI=1S/C14H17N3S.C2HF3O2/c1-2-4-12(5-3-1)13-10-17-14(18-13)16-9-11-6-7-15-8-11;3-2(4,5)1(6)7/h1-5,10-11,15H,6-9H2,(H,16,17);(H,6,7)/t11-;/m1./s1. The highest BCUT2D eigenvalue weighted by atomic mass is 32.1. The predicted octanol–water partition coefficient (Wildman–Crippen LogP) is 3.46. The molecule has 1 atom stereocenters. The summed E-state index contributed by atoms with van der Waals surface area (Å²) in [6, 6.07) is 10.4.